The molecule has 0 aromatic carbocycles. The van der Waals surface area contributed by atoms with E-state index in [2.05, 4.69) is 15.3 Å². The summed E-state index contributed by atoms with van der Waals surface area (Å²) in [5, 5.41) is 12.5. The van der Waals surface area contributed by atoms with E-state index in [-0.39, 0.29) is 12.1 Å². The lowest BCUT2D eigenvalue weighted by atomic mass is 10.1. The summed E-state index contributed by atoms with van der Waals surface area (Å²) < 4.78 is 0. The molecule has 0 aliphatic carbocycles. The number of aromatic nitrogens is 2. The molecule has 2 N–H and O–H groups in total. The van der Waals surface area contributed by atoms with Gasteiger partial charge in [-0.1, -0.05) is 6.92 Å². The van der Waals surface area contributed by atoms with Crippen molar-refractivity contribution < 1.29 is 5.11 Å². The summed E-state index contributed by atoms with van der Waals surface area (Å²) in [5.41, 5.74) is 0. The standard InChI is InChI=1S/C9H15N3O/c1-3-8(7(2)13)12-9-6-10-4-5-11-9/h4-8,13H,3H2,1-2H3,(H,11,12). The number of hydrogen-bond acceptors (Lipinski definition) is 4. The molecule has 72 valence electrons. The van der Waals surface area contributed by atoms with Gasteiger partial charge in [0, 0.05) is 12.4 Å². The maximum Gasteiger partial charge on any atom is 0.144 e. The van der Waals surface area contributed by atoms with Gasteiger partial charge in [-0.05, 0) is 13.3 Å². The Morgan fingerprint density at radius 2 is 2.31 bits per heavy atom. The number of anilines is 1. The van der Waals surface area contributed by atoms with Crippen LogP contribution in [-0.4, -0.2) is 27.2 Å². The van der Waals surface area contributed by atoms with Gasteiger partial charge >= 0.3 is 0 Å². The number of nitrogens with zero attached hydrogens (tertiary/aromatic N) is 2. The normalized spacial score (nSPS) is 15.0. The molecule has 2 unspecified atom stereocenters. The van der Waals surface area contributed by atoms with Gasteiger partial charge in [0.1, 0.15) is 5.82 Å². The molecule has 0 fully saturated rings. The molecule has 1 aromatic rings. The second-order valence-electron chi connectivity index (χ2n) is 2.99. The molecule has 13 heavy (non-hydrogen) atoms. The number of rotatable bonds is 4. The lowest BCUT2D eigenvalue weighted by Gasteiger charge is -2.19. The zero-order chi connectivity index (χ0) is 9.68. The highest BCUT2D eigenvalue weighted by Crippen LogP contribution is 2.06. The summed E-state index contributed by atoms with van der Waals surface area (Å²) in [5.74, 6) is 0.704. The lowest BCUT2D eigenvalue weighted by Crippen LogP contribution is -2.30. The molecule has 1 aromatic heterocycles. The zero-order valence-corrected chi connectivity index (χ0v) is 7.94. The van der Waals surface area contributed by atoms with Crippen molar-refractivity contribution in [2.45, 2.75) is 32.4 Å². The fourth-order valence-corrected chi connectivity index (χ4v) is 1.13. The maximum atomic E-state index is 9.36. The minimum atomic E-state index is -0.382. The molecule has 0 radical (unpaired) electrons. The Kier molecular flexibility index (Phi) is 3.64. The van der Waals surface area contributed by atoms with Crippen LogP contribution in [0.5, 0.6) is 0 Å². The molecule has 0 bridgehead atoms. The fourth-order valence-electron chi connectivity index (χ4n) is 1.13. The average molecular weight is 181 g/mol. The molecule has 0 saturated carbocycles. The summed E-state index contributed by atoms with van der Waals surface area (Å²) in [6, 6.07) is 0.0386. The van der Waals surface area contributed by atoms with Crippen molar-refractivity contribution in [2.24, 2.45) is 0 Å². The van der Waals surface area contributed by atoms with Crippen LogP contribution in [0.1, 0.15) is 20.3 Å². The molecule has 0 aliphatic heterocycles. The largest absolute Gasteiger partial charge is 0.391 e. The first-order valence-electron chi connectivity index (χ1n) is 4.44. The van der Waals surface area contributed by atoms with Gasteiger partial charge in [-0.2, -0.15) is 0 Å². The third-order valence-corrected chi connectivity index (χ3v) is 1.92. The first kappa shape index (κ1) is 9.92. The smallest absolute Gasteiger partial charge is 0.144 e. The van der Waals surface area contributed by atoms with Crippen LogP contribution < -0.4 is 5.32 Å². The van der Waals surface area contributed by atoms with E-state index in [9.17, 15) is 5.11 Å². The Hall–Kier alpha value is -1.16. The third kappa shape index (κ3) is 2.99. The topological polar surface area (TPSA) is 58.0 Å². The van der Waals surface area contributed by atoms with Crippen LogP contribution in [0.15, 0.2) is 18.6 Å². The van der Waals surface area contributed by atoms with Crippen molar-refractivity contribution in [2.75, 3.05) is 5.32 Å². The molecule has 4 heteroatoms. The van der Waals surface area contributed by atoms with Crippen LogP contribution in [0.25, 0.3) is 0 Å². The fraction of sp³-hybridized carbons (Fsp3) is 0.556. The lowest BCUT2D eigenvalue weighted by molar-refractivity contribution is 0.169. The molecule has 0 aliphatic rings. The van der Waals surface area contributed by atoms with Crippen LogP contribution in [0.2, 0.25) is 0 Å². The van der Waals surface area contributed by atoms with E-state index in [1.165, 1.54) is 0 Å². The van der Waals surface area contributed by atoms with Gasteiger partial charge in [0.2, 0.25) is 0 Å². The summed E-state index contributed by atoms with van der Waals surface area (Å²) >= 11 is 0. The number of nitrogens with one attached hydrogen (secondary N) is 1. The number of aliphatic hydroxyl groups is 1. The first-order chi connectivity index (χ1) is 6.24. The second-order valence-corrected chi connectivity index (χ2v) is 2.99. The monoisotopic (exact) mass is 181 g/mol. The number of aliphatic hydroxyl groups excluding tert-OH is 1. The Balaban J connectivity index is 2.57. The molecule has 1 rings (SSSR count). The molecule has 0 saturated heterocycles. The molecule has 0 spiro atoms. The van der Waals surface area contributed by atoms with Crippen molar-refractivity contribution in [1.82, 2.24) is 9.97 Å². The quantitative estimate of drug-likeness (QED) is 0.729. The van der Waals surface area contributed by atoms with Gasteiger partial charge in [0.05, 0.1) is 18.3 Å². The molecular weight excluding hydrogens is 166 g/mol. The molecular formula is C9H15N3O. The van der Waals surface area contributed by atoms with Crippen LogP contribution in [0.4, 0.5) is 5.82 Å². The summed E-state index contributed by atoms with van der Waals surface area (Å²) in [6.07, 6.45) is 5.36. The van der Waals surface area contributed by atoms with E-state index < -0.39 is 0 Å². The van der Waals surface area contributed by atoms with Gasteiger partial charge in [-0.3, -0.25) is 4.98 Å². The molecule has 0 amide bonds. The Labute approximate surface area is 78.0 Å². The van der Waals surface area contributed by atoms with Gasteiger partial charge in [0.15, 0.2) is 0 Å². The average Bonchev–Trinajstić information content (AvgIpc) is 2.15. The van der Waals surface area contributed by atoms with Crippen molar-refractivity contribution in [3.63, 3.8) is 0 Å². The van der Waals surface area contributed by atoms with E-state index >= 15 is 0 Å². The van der Waals surface area contributed by atoms with Crippen LogP contribution in [-0.2, 0) is 0 Å². The third-order valence-electron chi connectivity index (χ3n) is 1.92. The Morgan fingerprint density at radius 1 is 1.54 bits per heavy atom. The highest BCUT2D eigenvalue weighted by atomic mass is 16.3. The predicted molar refractivity (Wildman–Crippen MR) is 51.4 cm³/mol. The second kappa shape index (κ2) is 4.77. The van der Waals surface area contributed by atoms with Crippen molar-refractivity contribution in [1.29, 1.82) is 0 Å². The minimum absolute atomic E-state index is 0.0386. The highest BCUT2D eigenvalue weighted by molar-refractivity contribution is 5.31. The molecule has 4 nitrogen and oxygen atoms in total. The summed E-state index contributed by atoms with van der Waals surface area (Å²) in [7, 11) is 0. The molecule has 2 atom stereocenters. The first-order valence-corrected chi connectivity index (χ1v) is 4.44. The van der Waals surface area contributed by atoms with Gasteiger partial charge in [-0.15, -0.1) is 0 Å². The van der Waals surface area contributed by atoms with Crippen LogP contribution in [0.3, 0.4) is 0 Å². The van der Waals surface area contributed by atoms with Crippen molar-refractivity contribution in [3.8, 4) is 0 Å². The van der Waals surface area contributed by atoms with E-state index in [4.69, 9.17) is 0 Å². The van der Waals surface area contributed by atoms with Gasteiger partial charge in [-0.25, -0.2) is 4.98 Å². The Morgan fingerprint density at radius 3 is 2.77 bits per heavy atom. The summed E-state index contributed by atoms with van der Waals surface area (Å²) in [4.78, 5) is 7.99. The maximum absolute atomic E-state index is 9.36. The van der Waals surface area contributed by atoms with E-state index in [1.807, 2.05) is 6.92 Å². The van der Waals surface area contributed by atoms with Gasteiger partial charge < -0.3 is 10.4 Å². The van der Waals surface area contributed by atoms with Gasteiger partial charge in [0.25, 0.3) is 0 Å². The van der Waals surface area contributed by atoms with E-state index in [0.717, 1.165) is 6.42 Å². The van der Waals surface area contributed by atoms with Crippen LogP contribution >= 0.6 is 0 Å². The summed E-state index contributed by atoms with van der Waals surface area (Å²) in [6.45, 7) is 3.78. The highest BCUT2D eigenvalue weighted by Gasteiger charge is 2.12. The van der Waals surface area contributed by atoms with E-state index in [0.29, 0.717) is 5.82 Å². The minimum Gasteiger partial charge on any atom is -0.391 e. The Bertz CT molecular complexity index is 238. The van der Waals surface area contributed by atoms with Crippen molar-refractivity contribution >= 4 is 5.82 Å². The number of hydrogen-bond donors (Lipinski definition) is 2. The van der Waals surface area contributed by atoms with Crippen molar-refractivity contribution in [3.05, 3.63) is 18.6 Å². The predicted octanol–water partition coefficient (Wildman–Crippen LogP) is 1.05. The SMILES string of the molecule is CCC(Nc1cnccn1)C(C)O. The zero-order valence-electron chi connectivity index (χ0n) is 7.94. The molecule has 1 heterocycles. The van der Waals surface area contributed by atoms with Crippen LogP contribution in [0, 0.1) is 0 Å². The van der Waals surface area contributed by atoms with E-state index in [1.54, 1.807) is 25.5 Å².